The van der Waals surface area contributed by atoms with Gasteiger partial charge in [-0.1, -0.05) is 32.9 Å². The summed E-state index contributed by atoms with van der Waals surface area (Å²) >= 11 is 1.45. The van der Waals surface area contributed by atoms with E-state index in [-0.39, 0.29) is 17.9 Å². The summed E-state index contributed by atoms with van der Waals surface area (Å²) in [4.78, 5) is 17.0. The molecule has 0 aliphatic carbocycles. The quantitative estimate of drug-likeness (QED) is 0.720. The molecule has 1 heterocycles. The molecule has 0 bridgehead atoms. The number of carbonyl (C=O) groups excluding carboxylic acids is 1. The van der Waals surface area contributed by atoms with Crippen molar-refractivity contribution in [3.63, 3.8) is 0 Å². The number of nitrogens with zero attached hydrogens (tertiary/aromatic N) is 1. The number of nitrogens with one attached hydrogen (secondary N) is 1. The molecule has 0 fully saturated rings. The van der Waals surface area contributed by atoms with E-state index in [0.717, 1.165) is 15.8 Å². The van der Waals surface area contributed by atoms with Crippen LogP contribution in [0.3, 0.4) is 0 Å². The zero-order valence-electron chi connectivity index (χ0n) is 14.9. The number of fused-ring (bicyclic) bond motifs is 1. The average molecular weight is 354 g/mol. The Hall–Kier alpha value is -2.24. The molecule has 0 saturated heterocycles. The lowest BCUT2D eigenvalue weighted by Gasteiger charge is -2.20. The van der Waals surface area contributed by atoms with E-state index in [0.29, 0.717) is 16.3 Å². The van der Waals surface area contributed by atoms with Crippen LogP contribution in [-0.4, -0.2) is 16.0 Å². The van der Waals surface area contributed by atoms with Crippen LogP contribution in [0.1, 0.15) is 47.3 Å². The Morgan fingerprint density at radius 1 is 1.20 bits per heavy atom. The summed E-state index contributed by atoms with van der Waals surface area (Å²) in [6.45, 7) is 8.36. The van der Waals surface area contributed by atoms with Crippen molar-refractivity contribution in [3.8, 4) is 0 Å². The Balaban J connectivity index is 1.84. The maximum Gasteiger partial charge on any atom is 0.255 e. The molecule has 4 nitrogen and oxygen atoms in total. The van der Waals surface area contributed by atoms with Crippen LogP contribution in [-0.2, 0) is 12.0 Å². The molecule has 5 heteroatoms. The predicted octanol–water partition coefficient (Wildman–Crippen LogP) is 4.65. The Morgan fingerprint density at radius 2 is 1.96 bits per heavy atom. The first kappa shape index (κ1) is 17.6. The van der Waals surface area contributed by atoms with Crippen LogP contribution in [0, 0.1) is 6.92 Å². The van der Waals surface area contributed by atoms with Gasteiger partial charge in [0.05, 0.1) is 16.8 Å². The summed E-state index contributed by atoms with van der Waals surface area (Å²) in [6.07, 6.45) is 0. The summed E-state index contributed by atoms with van der Waals surface area (Å²) < 4.78 is 0.993. The molecule has 0 atom stereocenters. The van der Waals surface area contributed by atoms with Gasteiger partial charge in [0.1, 0.15) is 5.01 Å². The summed E-state index contributed by atoms with van der Waals surface area (Å²) in [6, 6.07) is 11.6. The van der Waals surface area contributed by atoms with Gasteiger partial charge in [0.15, 0.2) is 0 Å². The maximum absolute atomic E-state index is 12.6. The molecule has 3 rings (SSSR count). The van der Waals surface area contributed by atoms with Crippen LogP contribution >= 0.6 is 11.3 Å². The van der Waals surface area contributed by atoms with Crippen molar-refractivity contribution < 1.29 is 9.90 Å². The second kappa shape index (κ2) is 6.58. The number of aliphatic hydroxyl groups excluding tert-OH is 1. The topological polar surface area (TPSA) is 62.2 Å². The van der Waals surface area contributed by atoms with Gasteiger partial charge in [-0.3, -0.25) is 4.79 Å². The minimum atomic E-state index is -0.130. The summed E-state index contributed by atoms with van der Waals surface area (Å²) in [5, 5.41) is 12.8. The van der Waals surface area contributed by atoms with Crippen LogP contribution < -0.4 is 5.32 Å². The average Bonchev–Trinajstić information content (AvgIpc) is 2.96. The lowest BCUT2D eigenvalue weighted by atomic mass is 9.85. The van der Waals surface area contributed by atoms with Crippen LogP contribution in [0.2, 0.25) is 0 Å². The third-order valence-corrected chi connectivity index (χ3v) is 5.18. The first-order valence-electron chi connectivity index (χ1n) is 8.21. The lowest BCUT2D eigenvalue weighted by molar-refractivity contribution is 0.102. The Bertz CT molecular complexity index is 939. The van der Waals surface area contributed by atoms with Gasteiger partial charge in [-0.05, 0) is 47.7 Å². The highest BCUT2D eigenvalue weighted by atomic mass is 32.1. The molecular formula is C20H22N2O2S. The molecule has 25 heavy (non-hydrogen) atoms. The Labute approximate surface area is 151 Å². The van der Waals surface area contributed by atoms with Crippen LogP contribution in [0.15, 0.2) is 36.4 Å². The molecule has 0 saturated carbocycles. The van der Waals surface area contributed by atoms with Crippen LogP contribution in [0.4, 0.5) is 5.69 Å². The van der Waals surface area contributed by atoms with E-state index in [1.165, 1.54) is 16.9 Å². The Morgan fingerprint density at radius 3 is 2.60 bits per heavy atom. The van der Waals surface area contributed by atoms with Gasteiger partial charge in [0, 0.05) is 11.3 Å². The molecule has 2 aromatic carbocycles. The molecule has 0 spiro atoms. The number of aromatic nitrogens is 1. The third-order valence-electron chi connectivity index (χ3n) is 4.16. The van der Waals surface area contributed by atoms with Gasteiger partial charge in [-0.2, -0.15) is 0 Å². The van der Waals surface area contributed by atoms with E-state index >= 15 is 0 Å². The van der Waals surface area contributed by atoms with Crippen molar-refractivity contribution in [2.24, 2.45) is 0 Å². The van der Waals surface area contributed by atoms with Gasteiger partial charge in [0.2, 0.25) is 0 Å². The summed E-state index contributed by atoms with van der Waals surface area (Å²) in [5.74, 6) is -0.130. The lowest BCUT2D eigenvalue weighted by Crippen LogP contribution is -2.16. The summed E-state index contributed by atoms with van der Waals surface area (Å²) in [5.41, 5.74) is 4.38. The zero-order valence-corrected chi connectivity index (χ0v) is 15.7. The monoisotopic (exact) mass is 354 g/mol. The highest BCUT2D eigenvalue weighted by Gasteiger charge is 2.17. The molecule has 0 aliphatic heterocycles. The fourth-order valence-electron chi connectivity index (χ4n) is 2.70. The normalized spacial score (nSPS) is 11.7. The smallest absolute Gasteiger partial charge is 0.255 e. The highest BCUT2D eigenvalue weighted by molar-refractivity contribution is 7.18. The fraction of sp³-hybridized carbons (Fsp3) is 0.300. The first-order chi connectivity index (χ1) is 11.8. The Kier molecular flexibility index (Phi) is 4.62. The van der Waals surface area contributed by atoms with Crippen molar-refractivity contribution in [3.05, 3.63) is 58.1 Å². The highest BCUT2D eigenvalue weighted by Crippen LogP contribution is 2.27. The SMILES string of the molecule is Cc1cc(C(C)(C)C)ccc1C(=O)Nc1ccc2sc(CO)nc2c1. The second-order valence-corrected chi connectivity index (χ2v) is 8.30. The van der Waals surface area contributed by atoms with Gasteiger partial charge >= 0.3 is 0 Å². The van der Waals surface area contributed by atoms with E-state index in [4.69, 9.17) is 0 Å². The van der Waals surface area contributed by atoms with Crippen molar-refractivity contribution in [2.45, 2.75) is 39.7 Å². The zero-order chi connectivity index (χ0) is 18.2. The largest absolute Gasteiger partial charge is 0.389 e. The molecular weight excluding hydrogens is 332 g/mol. The third kappa shape index (κ3) is 3.72. The van der Waals surface area contributed by atoms with E-state index < -0.39 is 0 Å². The van der Waals surface area contributed by atoms with E-state index in [2.05, 4.69) is 37.1 Å². The fourth-order valence-corrected chi connectivity index (χ4v) is 3.51. The number of benzene rings is 2. The van der Waals surface area contributed by atoms with E-state index in [9.17, 15) is 9.90 Å². The molecule has 1 aromatic heterocycles. The van der Waals surface area contributed by atoms with Gasteiger partial charge in [-0.15, -0.1) is 11.3 Å². The number of aliphatic hydroxyl groups is 1. The second-order valence-electron chi connectivity index (χ2n) is 7.18. The van der Waals surface area contributed by atoms with Crippen molar-refractivity contribution in [1.82, 2.24) is 4.98 Å². The van der Waals surface area contributed by atoms with Crippen molar-refractivity contribution in [1.29, 1.82) is 0 Å². The van der Waals surface area contributed by atoms with Crippen LogP contribution in [0.25, 0.3) is 10.2 Å². The number of amides is 1. The van der Waals surface area contributed by atoms with Gasteiger partial charge in [0.25, 0.3) is 5.91 Å². The standard InChI is InChI=1S/C20H22N2O2S/c1-12-9-13(20(2,3)4)5-7-15(12)19(24)21-14-6-8-17-16(10-14)22-18(11-23)25-17/h5-10,23H,11H2,1-4H3,(H,21,24). The minimum Gasteiger partial charge on any atom is -0.389 e. The molecule has 1 amide bonds. The number of carbonyl (C=O) groups is 1. The molecule has 2 N–H and O–H groups in total. The number of aryl methyl sites for hydroxylation is 1. The maximum atomic E-state index is 12.6. The number of hydrogen-bond donors (Lipinski definition) is 2. The number of anilines is 1. The molecule has 130 valence electrons. The molecule has 3 aromatic rings. The van der Waals surface area contributed by atoms with Gasteiger partial charge < -0.3 is 10.4 Å². The van der Waals surface area contributed by atoms with Crippen molar-refractivity contribution >= 4 is 33.1 Å². The summed E-state index contributed by atoms with van der Waals surface area (Å²) in [7, 11) is 0. The molecule has 0 unspecified atom stereocenters. The van der Waals surface area contributed by atoms with Crippen molar-refractivity contribution in [2.75, 3.05) is 5.32 Å². The van der Waals surface area contributed by atoms with Gasteiger partial charge in [-0.25, -0.2) is 4.98 Å². The van der Waals surface area contributed by atoms with E-state index in [1.54, 1.807) is 0 Å². The molecule has 0 aliphatic rings. The number of rotatable bonds is 3. The molecule has 0 radical (unpaired) electrons. The predicted molar refractivity (Wildman–Crippen MR) is 103 cm³/mol. The minimum absolute atomic E-state index is 0.0554. The van der Waals surface area contributed by atoms with Crippen LogP contribution in [0.5, 0.6) is 0 Å². The number of hydrogen-bond acceptors (Lipinski definition) is 4. The number of thiazole rings is 1. The van der Waals surface area contributed by atoms with E-state index in [1.807, 2.05) is 37.3 Å². The first-order valence-corrected chi connectivity index (χ1v) is 9.02.